The number of amides is 1. The zero-order valence-corrected chi connectivity index (χ0v) is 19.1. The van der Waals surface area contributed by atoms with Crippen molar-refractivity contribution >= 4 is 5.91 Å². The first-order valence-corrected chi connectivity index (χ1v) is 12.2. The summed E-state index contributed by atoms with van der Waals surface area (Å²) in [5, 5.41) is 0. The second-order valence-electron chi connectivity index (χ2n) is 9.92. The van der Waals surface area contributed by atoms with Gasteiger partial charge in [-0.2, -0.15) is 0 Å². The number of likely N-dealkylation sites (N-methyl/N-ethyl adjacent to an activating group) is 1. The highest BCUT2D eigenvalue weighted by atomic mass is 16.2. The summed E-state index contributed by atoms with van der Waals surface area (Å²) in [7, 11) is 2.04. The summed E-state index contributed by atoms with van der Waals surface area (Å²) in [5.41, 5.74) is 2.89. The van der Waals surface area contributed by atoms with Gasteiger partial charge in [-0.3, -0.25) is 9.59 Å². The predicted molar refractivity (Wildman–Crippen MR) is 125 cm³/mol. The number of carbonyl (C=O) groups excluding carboxylic acids is 1. The van der Waals surface area contributed by atoms with Gasteiger partial charge in [0.1, 0.15) is 5.82 Å². The Kier molecular flexibility index (Phi) is 6.13. The third kappa shape index (κ3) is 4.25. The maximum absolute atomic E-state index is 13.8. The zero-order valence-electron chi connectivity index (χ0n) is 19.1. The molecule has 2 aromatic rings. The number of hydrogen-bond donors (Lipinski definition) is 1. The lowest BCUT2D eigenvalue weighted by molar-refractivity contribution is -0.135. The van der Waals surface area contributed by atoms with Crippen LogP contribution in [-0.4, -0.2) is 52.4 Å². The molecule has 2 aliphatic heterocycles. The van der Waals surface area contributed by atoms with E-state index in [0.29, 0.717) is 19.0 Å². The van der Waals surface area contributed by atoms with Gasteiger partial charge in [-0.05, 0) is 44.2 Å². The van der Waals surface area contributed by atoms with Crippen molar-refractivity contribution in [1.29, 1.82) is 0 Å². The summed E-state index contributed by atoms with van der Waals surface area (Å²) in [6.45, 7) is 3.04. The molecule has 1 aromatic heterocycles. The molecular formula is C26H34N4O2. The monoisotopic (exact) mass is 434 g/mol. The minimum absolute atomic E-state index is 0.00637. The van der Waals surface area contributed by atoms with Gasteiger partial charge >= 0.3 is 0 Å². The number of rotatable bonds is 4. The van der Waals surface area contributed by atoms with Crippen molar-refractivity contribution in [2.24, 2.45) is 5.92 Å². The largest absolute Gasteiger partial charge is 0.341 e. The SMILES string of the molecule is CN1CCc2nc(C3CCCN(C(=O)C(c4ccccc4)C4CCCC4)C3)[nH]c(=O)c2C1. The molecule has 2 fully saturated rings. The Morgan fingerprint density at radius 3 is 2.66 bits per heavy atom. The highest BCUT2D eigenvalue weighted by Crippen LogP contribution is 2.39. The molecule has 1 aromatic carbocycles. The maximum atomic E-state index is 13.8. The first-order chi connectivity index (χ1) is 15.6. The third-order valence-electron chi connectivity index (χ3n) is 7.69. The number of likely N-dealkylation sites (tertiary alicyclic amines) is 1. The fraction of sp³-hybridized carbons (Fsp3) is 0.577. The highest BCUT2D eigenvalue weighted by molar-refractivity contribution is 5.84. The molecule has 5 rings (SSSR count). The van der Waals surface area contributed by atoms with E-state index in [9.17, 15) is 9.59 Å². The van der Waals surface area contributed by atoms with Gasteiger partial charge in [0.15, 0.2) is 0 Å². The molecule has 6 heteroatoms. The van der Waals surface area contributed by atoms with E-state index in [2.05, 4.69) is 26.9 Å². The number of aromatic nitrogens is 2. The number of benzene rings is 1. The smallest absolute Gasteiger partial charge is 0.255 e. The molecular weight excluding hydrogens is 400 g/mol. The van der Waals surface area contributed by atoms with Crippen LogP contribution in [0.15, 0.2) is 35.1 Å². The van der Waals surface area contributed by atoms with Crippen LogP contribution in [0.4, 0.5) is 0 Å². The maximum Gasteiger partial charge on any atom is 0.255 e. The highest BCUT2D eigenvalue weighted by Gasteiger charge is 2.37. The quantitative estimate of drug-likeness (QED) is 0.800. The fourth-order valence-corrected chi connectivity index (χ4v) is 5.94. The van der Waals surface area contributed by atoms with Crippen molar-refractivity contribution < 1.29 is 4.79 Å². The Morgan fingerprint density at radius 2 is 1.88 bits per heavy atom. The van der Waals surface area contributed by atoms with Crippen molar-refractivity contribution in [2.75, 3.05) is 26.7 Å². The van der Waals surface area contributed by atoms with Gasteiger partial charge in [-0.15, -0.1) is 0 Å². The number of aromatic amines is 1. The molecule has 1 saturated carbocycles. The minimum atomic E-state index is -0.0523. The van der Waals surface area contributed by atoms with Gasteiger partial charge in [0.25, 0.3) is 5.56 Å². The van der Waals surface area contributed by atoms with E-state index in [1.807, 2.05) is 25.2 Å². The van der Waals surface area contributed by atoms with Crippen LogP contribution in [0.25, 0.3) is 0 Å². The van der Waals surface area contributed by atoms with E-state index >= 15 is 0 Å². The lowest BCUT2D eigenvalue weighted by Crippen LogP contribution is -2.44. The Morgan fingerprint density at radius 1 is 1.09 bits per heavy atom. The third-order valence-corrected chi connectivity index (χ3v) is 7.69. The van der Waals surface area contributed by atoms with Crippen molar-refractivity contribution in [2.45, 2.75) is 63.3 Å². The van der Waals surface area contributed by atoms with Crippen LogP contribution >= 0.6 is 0 Å². The van der Waals surface area contributed by atoms with Gasteiger partial charge in [0.05, 0.1) is 17.2 Å². The van der Waals surface area contributed by atoms with E-state index in [1.54, 1.807) is 0 Å². The normalized spacial score (nSPS) is 23.2. The van der Waals surface area contributed by atoms with Gasteiger partial charge in [-0.25, -0.2) is 4.98 Å². The van der Waals surface area contributed by atoms with E-state index in [0.717, 1.165) is 67.8 Å². The van der Waals surface area contributed by atoms with E-state index in [1.165, 1.54) is 12.8 Å². The Labute approximate surface area is 190 Å². The summed E-state index contributed by atoms with van der Waals surface area (Å²) in [5.74, 6) is 1.51. The first kappa shape index (κ1) is 21.4. The molecule has 2 unspecified atom stereocenters. The molecule has 2 atom stereocenters. The minimum Gasteiger partial charge on any atom is -0.341 e. The second-order valence-corrected chi connectivity index (χ2v) is 9.92. The van der Waals surface area contributed by atoms with E-state index in [4.69, 9.17) is 4.98 Å². The summed E-state index contributed by atoms with van der Waals surface area (Å²) >= 11 is 0. The zero-order chi connectivity index (χ0) is 22.1. The van der Waals surface area contributed by atoms with E-state index in [-0.39, 0.29) is 23.3 Å². The molecule has 1 aliphatic carbocycles. The summed E-state index contributed by atoms with van der Waals surface area (Å²) in [6.07, 6.45) is 7.44. The van der Waals surface area contributed by atoms with Crippen molar-refractivity contribution in [3.8, 4) is 0 Å². The first-order valence-electron chi connectivity index (χ1n) is 12.2. The molecule has 3 heterocycles. The fourth-order valence-electron chi connectivity index (χ4n) is 5.94. The van der Waals surface area contributed by atoms with E-state index < -0.39 is 0 Å². The number of piperidine rings is 1. The second kappa shape index (κ2) is 9.18. The molecule has 0 bridgehead atoms. The van der Waals surface area contributed by atoms with Gasteiger partial charge in [0.2, 0.25) is 5.91 Å². The summed E-state index contributed by atoms with van der Waals surface area (Å²) in [4.78, 5) is 38.7. The molecule has 170 valence electrons. The molecule has 32 heavy (non-hydrogen) atoms. The van der Waals surface area contributed by atoms with Gasteiger partial charge in [-0.1, -0.05) is 43.2 Å². The lowest BCUT2D eigenvalue weighted by Gasteiger charge is -2.36. The number of hydrogen-bond acceptors (Lipinski definition) is 4. The number of H-pyrrole nitrogens is 1. The topological polar surface area (TPSA) is 69.3 Å². The Bertz CT molecular complexity index is 1010. The van der Waals surface area contributed by atoms with Crippen molar-refractivity contribution in [3.63, 3.8) is 0 Å². The van der Waals surface area contributed by atoms with Crippen LogP contribution in [0.2, 0.25) is 0 Å². The summed E-state index contributed by atoms with van der Waals surface area (Å²) < 4.78 is 0. The number of nitrogens with zero attached hydrogens (tertiary/aromatic N) is 3. The van der Waals surface area contributed by atoms with Gasteiger partial charge in [0, 0.05) is 38.5 Å². The van der Waals surface area contributed by atoms with Crippen LogP contribution in [0.5, 0.6) is 0 Å². The molecule has 0 spiro atoms. The Balaban J connectivity index is 1.38. The average Bonchev–Trinajstić information content (AvgIpc) is 3.35. The molecule has 1 N–H and O–H groups in total. The molecule has 6 nitrogen and oxygen atoms in total. The van der Waals surface area contributed by atoms with Crippen molar-refractivity contribution in [1.82, 2.24) is 19.8 Å². The molecule has 0 radical (unpaired) electrons. The van der Waals surface area contributed by atoms with Crippen LogP contribution in [0.3, 0.4) is 0 Å². The van der Waals surface area contributed by atoms with Crippen LogP contribution in [0.1, 0.15) is 73.0 Å². The molecule has 1 amide bonds. The Hall–Kier alpha value is -2.47. The van der Waals surface area contributed by atoms with Gasteiger partial charge < -0.3 is 14.8 Å². The number of nitrogens with one attached hydrogen (secondary N) is 1. The average molecular weight is 435 g/mol. The van der Waals surface area contributed by atoms with Crippen LogP contribution in [0, 0.1) is 5.92 Å². The number of carbonyl (C=O) groups is 1. The summed E-state index contributed by atoms with van der Waals surface area (Å²) in [6, 6.07) is 10.3. The van der Waals surface area contributed by atoms with Crippen LogP contribution < -0.4 is 5.56 Å². The lowest BCUT2D eigenvalue weighted by atomic mass is 9.83. The van der Waals surface area contributed by atoms with Crippen LogP contribution in [-0.2, 0) is 17.8 Å². The predicted octanol–water partition coefficient (Wildman–Crippen LogP) is 3.44. The molecule has 1 saturated heterocycles. The van der Waals surface area contributed by atoms with Crippen molar-refractivity contribution in [3.05, 3.63) is 63.3 Å². The number of fused-ring (bicyclic) bond motifs is 1. The molecule has 3 aliphatic rings. The standard InChI is InChI=1S/C26H34N4O2/c1-29-15-13-22-21(17-29)25(31)28-24(27-22)20-12-7-14-30(16-20)26(32)23(19-10-5-6-11-19)18-8-3-2-4-9-18/h2-4,8-9,19-20,23H,5-7,10-17H2,1H3,(H,27,28,31).